The molecule has 1 aliphatic rings. The Morgan fingerprint density at radius 1 is 1.20 bits per heavy atom. The van der Waals surface area contributed by atoms with E-state index < -0.39 is 0 Å². The summed E-state index contributed by atoms with van der Waals surface area (Å²) in [5, 5.41) is 3.08. The number of carbonyl (C=O) groups excluding carboxylic acids is 1. The Kier molecular flexibility index (Phi) is 5.60. The van der Waals surface area contributed by atoms with E-state index in [1.165, 1.54) is 36.8 Å². The van der Waals surface area contributed by atoms with Crippen molar-refractivity contribution in [3.05, 3.63) is 35.4 Å². The van der Waals surface area contributed by atoms with Gasteiger partial charge in [0.2, 0.25) is 5.91 Å². The monoisotopic (exact) mass is 274 g/mol. The first kappa shape index (κ1) is 15.0. The van der Waals surface area contributed by atoms with Crippen LogP contribution in [0, 0.1) is 6.92 Å². The fraction of sp³-hybridized carbons (Fsp3) is 0.588. The molecule has 3 nitrogen and oxygen atoms in total. The van der Waals surface area contributed by atoms with E-state index in [1.807, 2.05) is 19.1 Å². The lowest BCUT2D eigenvalue weighted by molar-refractivity contribution is -0.126. The van der Waals surface area contributed by atoms with Crippen LogP contribution in [-0.2, 0) is 11.3 Å². The molecule has 0 spiro atoms. The molecule has 3 heteroatoms. The van der Waals surface area contributed by atoms with Crippen molar-refractivity contribution in [2.24, 2.45) is 0 Å². The first-order chi connectivity index (χ1) is 9.68. The summed E-state index contributed by atoms with van der Waals surface area (Å²) in [6, 6.07) is 8.19. The molecule has 2 rings (SSSR count). The van der Waals surface area contributed by atoms with Gasteiger partial charge in [0.15, 0.2) is 0 Å². The Morgan fingerprint density at radius 3 is 2.50 bits per heavy atom. The molecule has 1 N–H and O–H groups in total. The van der Waals surface area contributed by atoms with E-state index in [0.29, 0.717) is 6.54 Å². The molecule has 1 aliphatic heterocycles. The Morgan fingerprint density at radius 2 is 1.85 bits per heavy atom. The van der Waals surface area contributed by atoms with E-state index in [4.69, 9.17) is 0 Å². The Labute approximate surface area is 122 Å². The third kappa shape index (κ3) is 4.07. The Bertz CT molecular complexity index is 436. The van der Waals surface area contributed by atoms with Gasteiger partial charge in [-0.3, -0.25) is 9.69 Å². The van der Waals surface area contributed by atoms with Crippen LogP contribution in [0.2, 0.25) is 0 Å². The molecular weight excluding hydrogens is 248 g/mol. The molecule has 110 valence electrons. The number of carbonyl (C=O) groups is 1. The molecule has 20 heavy (non-hydrogen) atoms. The van der Waals surface area contributed by atoms with Gasteiger partial charge in [-0.15, -0.1) is 0 Å². The smallest absolute Gasteiger partial charge is 0.237 e. The van der Waals surface area contributed by atoms with Crippen molar-refractivity contribution in [2.45, 2.75) is 52.1 Å². The molecule has 0 aliphatic carbocycles. The highest BCUT2D eigenvalue weighted by atomic mass is 16.2. The first-order valence-corrected chi connectivity index (χ1v) is 7.75. The quantitative estimate of drug-likeness (QED) is 0.915. The average Bonchev–Trinajstić information content (AvgIpc) is 2.74. The van der Waals surface area contributed by atoms with Crippen molar-refractivity contribution in [3.8, 4) is 0 Å². The number of hydrogen-bond acceptors (Lipinski definition) is 2. The summed E-state index contributed by atoms with van der Waals surface area (Å²) < 4.78 is 0. The van der Waals surface area contributed by atoms with Crippen LogP contribution in [0.5, 0.6) is 0 Å². The van der Waals surface area contributed by atoms with Gasteiger partial charge in [0.1, 0.15) is 0 Å². The molecule has 0 radical (unpaired) electrons. The molecule has 1 atom stereocenters. The van der Waals surface area contributed by atoms with Gasteiger partial charge in [0, 0.05) is 6.54 Å². The van der Waals surface area contributed by atoms with E-state index in [9.17, 15) is 4.79 Å². The number of nitrogens with zero attached hydrogens (tertiary/aromatic N) is 1. The maximum atomic E-state index is 12.3. The van der Waals surface area contributed by atoms with Crippen LogP contribution in [0.3, 0.4) is 0 Å². The molecule has 1 aromatic carbocycles. The summed E-state index contributed by atoms with van der Waals surface area (Å²) in [4.78, 5) is 14.6. The fourth-order valence-electron chi connectivity index (χ4n) is 2.79. The van der Waals surface area contributed by atoms with E-state index in [1.54, 1.807) is 0 Å². The van der Waals surface area contributed by atoms with Crippen LogP contribution < -0.4 is 5.32 Å². The van der Waals surface area contributed by atoms with E-state index >= 15 is 0 Å². The van der Waals surface area contributed by atoms with Gasteiger partial charge < -0.3 is 5.32 Å². The highest BCUT2D eigenvalue weighted by Gasteiger charge is 2.21. The largest absolute Gasteiger partial charge is 0.351 e. The van der Waals surface area contributed by atoms with Gasteiger partial charge in [0.25, 0.3) is 0 Å². The van der Waals surface area contributed by atoms with Gasteiger partial charge in [-0.25, -0.2) is 0 Å². The van der Waals surface area contributed by atoms with Crippen LogP contribution in [0.15, 0.2) is 24.3 Å². The predicted octanol–water partition coefficient (Wildman–Crippen LogP) is 2.88. The van der Waals surface area contributed by atoms with Crippen molar-refractivity contribution in [2.75, 3.05) is 13.1 Å². The highest BCUT2D eigenvalue weighted by molar-refractivity contribution is 5.81. The zero-order valence-electron chi connectivity index (χ0n) is 12.7. The summed E-state index contributed by atoms with van der Waals surface area (Å²) in [5.74, 6) is 0.148. The minimum absolute atomic E-state index is 0.0166. The number of nitrogens with one attached hydrogen (secondary N) is 1. The number of amides is 1. The maximum Gasteiger partial charge on any atom is 0.237 e. The van der Waals surface area contributed by atoms with E-state index in [-0.39, 0.29) is 11.9 Å². The number of benzene rings is 1. The lowest BCUT2D eigenvalue weighted by atomic mass is 10.1. The molecule has 1 fully saturated rings. The minimum atomic E-state index is -0.0166. The highest BCUT2D eigenvalue weighted by Crippen LogP contribution is 2.13. The van der Waals surface area contributed by atoms with Crippen LogP contribution >= 0.6 is 0 Å². The van der Waals surface area contributed by atoms with E-state index in [2.05, 4.69) is 29.3 Å². The second kappa shape index (κ2) is 7.44. The second-order valence-corrected chi connectivity index (χ2v) is 5.77. The normalized spacial score (nSPS) is 18.3. The SMILES string of the molecule is Cc1ccccc1CNC(=O)C(C)N1CCCCCC1. The van der Waals surface area contributed by atoms with Crippen LogP contribution in [0.1, 0.15) is 43.7 Å². The first-order valence-electron chi connectivity index (χ1n) is 7.75. The number of hydrogen-bond donors (Lipinski definition) is 1. The molecular formula is C17H26N2O. The summed E-state index contributed by atoms with van der Waals surface area (Å²) in [5.41, 5.74) is 2.43. The molecule has 1 saturated heterocycles. The van der Waals surface area contributed by atoms with Crippen molar-refractivity contribution >= 4 is 5.91 Å². The summed E-state index contributed by atoms with van der Waals surface area (Å²) >= 11 is 0. The third-order valence-corrected chi connectivity index (χ3v) is 4.28. The molecule has 0 aromatic heterocycles. The Hall–Kier alpha value is -1.35. The lowest BCUT2D eigenvalue weighted by Crippen LogP contribution is -2.45. The van der Waals surface area contributed by atoms with Gasteiger partial charge in [-0.05, 0) is 50.9 Å². The van der Waals surface area contributed by atoms with Crippen molar-refractivity contribution < 1.29 is 4.79 Å². The van der Waals surface area contributed by atoms with Crippen LogP contribution in [-0.4, -0.2) is 29.9 Å². The van der Waals surface area contributed by atoms with Crippen molar-refractivity contribution in [1.29, 1.82) is 0 Å². The van der Waals surface area contributed by atoms with E-state index in [0.717, 1.165) is 13.1 Å². The molecule has 1 unspecified atom stereocenters. The maximum absolute atomic E-state index is 12.3. The zero-order valence-corrected chi connectivity index (χ0v) is 12.7. The molecule has 1 heterocycles. The number of rotatable bonds is 4. The zero-order chi connectivity index (χ0) is 14.4. The molecule has 1 amide bonds. The third-order valence-electron chi connectivity index (χ3n) is 4.28. The second-order valence-electron chi connectivity index (χ2n) is 5.77. The summed E-state index contributed by atoms with van der Waals surface area (Å²) in [6.45, 7) is 6.85. The van der Waals surface area contributed by atoms with Crippen LogP contribution in [0.25, 0.3) is 0 Å². The molecule has 0 bridgehead atoms. The van der Waals surface area contributed by atoms with Crippen molar-refractivity contribution in [1.82, 2.24) is 10.2 Å². The van der Waals surface area contributed by atoms with Gasteiger partial charge in [0.05, 0.1) is 6.04 Å². The molecule has 0 saturated carbocycles. The fourth-order valence-corrected chi connectivity index (χ4v) is 2.79. The number of likely N-dealkylation sites (tertiary alicyclic amines) is 1. The standard InChI is InChI=1S/C17H26N2O/c1-14-9-5-6-10-16(14)13-18-17(20)15(2)19-11-7-3-4-8-12-19/h5-6,9-10,15H,3-4,7-8,11-13H2,1-2H3,(H,18,20). The topological polar surface area (TPSA) is 32.3 Å². The summed E-state index contributed by atoms with van der Waals surface area (Å²) in [6.07, 6.45) is 5.03. The number of aryl methyl sites for hydroxylation is 1. The lowest BCUT2D eigenvalue weighted by Gasteiger charge is -2.26. The Balaban J connectivity index is 1.86. The minimum Gasteiger partial charge on any atom is -0.351 e. The van der Waals surface area contributed by atoms with Crippen LogP contribution in [0.4, 0.5) is 0 Å². The summed E-state index contributed by atoms with van der Waals surface area (Å²) in [7, 11) is 0. The average molecular weight is 274 g/mol. The van der Waals surface area contributed by atoms with Crippen molar-refractivity contribution in [3.63, 3.8) is 0 Å². The van der Waals surface area contributed by atoms with Gasteiger partial charge in [-0.1, -0.05) is 37.1 Å². The van der Waals surface area contributed by atoms with Gasteiger partial charge in [-0.2, -0.15) is 0 Å². The predicted molar refractivity (Wildman–Crippen MR) is 82.5 cm³/mol. The van der Waals surface area contributed by atoms with Gasteiger partial charge >= 0.3 is 0 Å². The molecule has 1 aromatic rings.